The largest absolute Gasteiger partial charge is 0.463 e. The lowest BCUT2D eigenvalue weighted by Gasteiger charge is -2.38. The highest BCUT2D eigenvalue weighted by Gasteiger charge is 2.35. The van der Waals surface area contributed by atoms with E-state index in [2.05, 4.69) is 9.97 Å². The molecule has 1 saturated heterocycles. The lowest BCUT2D eigenvalue weighted by atomic mass is 10.1. The molecule has 3 aromatic heterocycles. The second-order valence-electron chi connectivity index (χ2n) is 5.25. The smallest absolute Gasteiger partial charge is 0.273 e. The average molecular weight is 346 g/mol. The molecule has 4 rings (SSSR count). The maximum Gasteiger partial charge on any atom is 0.273 e. The third kappa shape index (κ3) is 2.75. The fraction of sp³-hybridized carbons (Fsp3) is 0.267. The Morgan fingerprint density at radius 3 is 2.83 bits per heavy atom. The van der Waals surface area contributed by atoms with Gasteiger partial charge >= 0.3 is 0 Å². The maximum absolute atomic E-state index is 12.6. The molecule has 0 unspecified atom stereocenters. The minimum atomic E-state index is 0.0254. The molecule has 4 heterocycles. The first kappa shape index (κ1) is 14.4. The van der Waals surface area contributed by atoms with Gasteiger partial charge in [0, 0.05) is 24.0 Å². The number of ether oxygens (including phenoxy) is 1. The third-order valence-corrected chi connectivity index (χ3v) is 5.44. The van der Waals surface area contributed by atoms with Crippen molar-refractivity contribution < 1.29 is 9.53 Å². The lowest BCUT2D eigenvalue weighted by Crippen LogP contribution is -2.56. The predicted octanol–water partition coefficient (Wildman–Crippen LogP) is 2.60. The van der Waals surface area contributed by atoms with E-state index in [1.807, 2.05) is 41.4 Å². The molecule has 0 radical (unpaired) electrons. The lowest BCUT2D eigenvalue weighted by molar-refractivity contribution is 0.0180. The van der Waals surface area contributed by atoms with E-state index in [1.165, 1.54) is 22.7 Å². The highest BCUT2D eigenvalue weighted by atomic mass is 32.1. The number of likely N-dealkylation sites (tertiary alicyclic amines) is 1. The summed E-state index contributed by atoms with van der Waals surface area (Å²) in [6, 6.07) is 3.88. The third-order valence-electron chi connectivity index (χ3n) is 3.62. The van der Waals surface area contributed by atoms with E-state index in [0.717, 1.165) is 10.8 Å². The summed E-state index contributed by atoms with van der Waals surface area (Å²) in [4.78, 5) is 23.7. The number of thiazole rings is 2. The number of amides is 1. The summed E-state index contributed by atoms with van der Waals surface area (Å²) in [6.45, 7) is 3.06. The molecule has 0 saturated carbocycles. The molecular weight excluding hydrogens is 332 g/mol. The zero-order chi connectivity index (χ0) is 15.8. The zero-order valence-corrected chi connectivity index (χ0v) is 14.0. The van der Waals surface area contributed by atoms with Crippen LogP contribution in [0.4, 0.5) is 0 Å². The highest BCUT2D eigenvalue weighted by Crippen LogP contribution is 2.26. The first-order valence-electron chi connectivity index (χ1n) is 7.17. The van der Waals surface area contributed by atoms with Gasteiger partial charge in [-0.1, -0.05) is 22.7 Å². The van der Waals surface area contributed by atoms with E-state index < -0.39 is 0 Å². The van der Waals surface area contributed by atoms with E-state index in [-0.39, 0.29) is 12.0 Å². The summed E-state index contributed by atoms with van der Waals surface area (Å²) in [5.41, 5.74) is 0.771. The first-order chi connectivity index (χ1) is 11.2. The second kappa shape index (κ2) is 5.78. The molecule has 118 valence electrons. The monoisotopic (exact) mass is 346 g/mol. The van der Waals surface area contributed by atoms with E-state index in [1.54, 1.807) is 11.1 Å². The van der Waals surface area contributed by atoms with Crippen LogP contribution >= 0.6 is 22.7 Å². The van der Waals surface area contributed by atoms with Crippen LogP contribution in [0.5, 0.6) is 5.19 Å². The quantitative estimate of drug-likeness (QED) is 0.728. The van der Waals surface area contributed by atoms with Crippen LogP contribution in [0, 0.1) is 6.92 Å². The second-order valence-corrected chi connectivity index (χ2v) is 7.08. The van der Waals surface area contributed by atoms with Crippen molar-refractivity contribution in [2.24, 2.45) is 0 Å². The van der Waals surface area contributed by atoms with Crippen molar-refractivity contribution in [2.75, 3.05) is 13.1 Å². The first-order valence-corrected chi connectivity index (χ1v) is 8.86. The van der Waals surface area contributed by atoms with Crippen LogP contribution in [0.3, 0.4) is 0 Å². The molecule has 0 aliphatic carbocycles. The minimum absolute atomic E-state index is 0.0254. The molecule has 1 aliphatic rings. The summed E-state index contributed by atoms with van der Waals surface area (Å²) in [7, 11) is 0. The van der Waals surface area contributed by atoms with E-state index in [9.17, 15) is 4.79 Å². The molecule has 0 atom stereocenters. The van der Waals surface area contributed by atoms with Crippen molar-refractivity contribution in [1.29, 1.82) is 0 Å². The SMILES string of the molecule is Cc1nc(-n2cccc2)sc1C(=O)N1CC(Oc2nccs2)C1. The Morgan fingerprint density at radius 2 is 2.13 bits per heavy atom. The van der Waals surface area contributed by atoms with Gasteiger partial charge in [-0.25, -0.2) is 9.97 Å². The molecule has 1 aliphatic heterocycles. The van der Waals surface area contributed by atoms with Gasteiger partial charge in [-0.3, -0.25) is 4.79 Å². The molecule has 8 heteroatoms. The van der Waals surface area contributed by atoms with Crippen molar-refractivity contribution in [1.82, 2.24) is 19.4 Å². The fourth-order valence-corrected chi connectivity index (χ4v) is 3.94. The van der Waals surface area contributed by atoms with Crippen molar-refractivity contribution in [2.45, 2.75) is 13.0 Å². The predicted molar refractivity (Wildman–Crippen MR) is 88.6 cm³/mol. The van der Waals surface area contributed by atoms with Crippen molar-refractivity contribution >= 4 is 28.6 Å². The molecule has 1 amide bonds. The highest BCUT2D eigenvalue weighted by molar-refractivity contribution is 7.16. The number of hydrogen-bond donors (Lipinski definition) is 0. The van der Waals surface area contributed by atoms with Crippen LogP contribution in [0.2, 0.25) is 0 Å². The van der Waals surface area contributed by atoms with Gasteiger partial charge in [0.2, 0.25) is 0 Å². The van der Waals surface area contributed by atoms with Gasteiger partial charge in [-0.2, -0.15) is 0 Å². The van der Waals surface area contributed by atoms with Crippen LogP contribution in [-0.2, 0) is 0 Å². The van der Waals surface area contributed by atoms with Crippen molar-refractivity contribution in [3.05, 3.63) is 46.7 Å². The number of aromatic nitrogens is 3. The molecular formula is C15H14N4O2S2. The van der Waals surface area contributed by atoms with Crippen molar-refractivity contribution in [3.8, 4) is 10.3 Å². The zero-order valence-electron chi connectivity index (χ0n) is 12.4. The Labute approximate surface area is 141 Å². The Kier molecular flexibility index (Phi) is 3.62. The molecule has 0 spiro atoms. The topological polar surface area (TPSA) is 60.2 Å². The van der Waals surface area contributed by atoms with Crippen molar-refractivity contribution in [3.63, 3.8) is 0 Å². The molecule has 6 nitrogen and oxygen atoms in total. The normalized spacial score (nSPS) is 14.7. The summed E-state index contributed by atoms with van der Waals surface area (Å²) >= 11 is 2.88. The summed E-state index contributed by atoms with van der Waals surface area (Å²) in [6.07, 6.45) is 5.59. The van der Waals surface area contributed by atoms with Crippen LogP contribution in [0.15, 0.2) is 36.1 Å². The Balaban J connectivity index is 1.42. The average Bonchev–Trinajstić information content (AvgIpc) is 3.22. The molecule has 1 fully saturated rings. The van der Waals surface area contributed by atoms with Gasteiger partial charge < -0.3 is 14.2 Å². The van der Waals surface area contributed by atoms with Gasteiger partial charge in [-0.05, 0) is 19.1 Å². The summed E-state index contributed by atoms with van der Waals surface area (Å²) in [5, 5.41) is 3.35. The summed E-state index contributed by atoms with van der Waals surface area (Å²) in [5.74, 6) is 0.0254. The van der Waals surface area contributed by atoms with Gasteiger partial charge in [-0.15, -0.1) is 0 Å². The van der Waals surface area contributed by atoms with E-state index in [0.29, 0.717) is 23.2 Å². The van der Waals surface area contributed by atoms with E-state index >= 15 is 0 Å². The molecule has 0 N–H and O–H groups in total. The molecule has 0 aromatic carbocycles. The van der Waals surface area contributed by atoms with Gasteiger partial charge in [0.25, 0.3) is 11.1 Å². The number of carbonyl (C=O) groups is 1. The number of carbonyl (C=O) groups excluding carboxylic acids is 1. The molecule has 23 heavy (non-hydrogen) atoms. The molecule has 3 aromatic rings. The number of aryl methyl sites for hydroxylation is 1. The number of hydrogen-bond acceptors (Lipinski definition) is 6. The van der Waals surface area contributed by atoms with Gasteiger partial charge in [0.15, 0.2) is 5.13 Å². The molecule has 0 bridgehead atoms. The van der Waals surface area contributed by atoms with Crippen LogP contribution in [0.25, 0.3) is 5.13 Å². The van der Waals surface area contributed by atoms with Gasteiger partial charge in [0.1, 0.15) is 11.0 Å². The minimum Gasteiger partial charge on any atom is -0.463 e. The van der Waals surface area contributed by atoms with Crippen LogP contribution in [0.1, 0.15) is 15.4 Å². The fourth-order valence-electron chi connectivity index (χ4n) is 2.39. The Hall–Kier alpha value is -2.19. The maximum atomic E-state index is 12.6. The van der Waals surface area contributed by atoms with E-state index in [4.69, 9.17) is 4.74 Å². The van der Waals surface area contributed by atoms with Gasteiger partial charge in [0.05, 0.1) is 18.8 Å². The summed E-state index contributed by atoms with van der Waals surface area (Å²) < 4.78 is 7.61. The Bertz CT molecular complexity index is 805. The van der Waals surface area contributed by atoms with Crippen LogP contribution < -0.4 is 4.74 Å². The standard InChI is InChI=1S/C15H14N4O2S2/c1-10-12(23-14(17-10)18-5-2-3-6-18)13(20)19-8-11(9-19)21-15-16-4-7-22-15/h2-7,11H,8-9H2,1H3. The van der Waals surface area contributed by atoms with Crippen LogP contribution in [-0.4, -0.2) is 44.5 Å². The number of nitrogens with zero attached hydrogens (tertiary/aromatic N) is 4. The number of rotatable bonds is 4. The Morgan fingerprint density at radius 1 is 1.35 bits per heavy atom.